The van der Waals surface area contributed by atoms with Crippen molar-refractivity contribution in [2.75, 3.05) is 19.8 Å². The highest BCUT2D eigenvalue weighted by atomic mass is 16.5. The second kappa shape index (κ2) is 9.14. The number of fused-ring (bicyclic) bond motifs is 1. The highest BCUT2D eigenvalue weighted by molar-refractivity contribution is 5.88. The zero-order valence-corrected chi connectivity index (χ0v) is 13.8. The van der Waals surface area contributed by atoms with Gasteiger partial charge in [0.2, 0.25) is 0 Å². The van der Waals surface area contributed by atoms with Crippen LogP contribution in [0.1, 0.15) is 20.3 Å². The van der Waals surface area contributed by atoms with E-state index in [2.05, 4.69) is 43.4 Å². The van der Waals surface area contributed by atoms with E-state index in [9.17, 15) is 0 Å². The summed E-state index contributed by atoms with van der Waals surface area (Å²) in [6, 6.07) is 16.7. The summed E-state index contributed by atoms with van der Waals surface area (Å²) >= 11 is 0. The van der Waals surface area contributed by atoms with Crippen LogP contribution < -0.4 is 10.1 Å². The second-order valence-electron chi connectivity index (χ2n) is 5.75. The first-order chi connectivity index (χ1) is 11.2. The summed E-state index contributed by atoms with van der Waals surface area (Å²) in [4.78, 5) is 0. The number of nitriles is 1. The maximum atomic E-state index is 8.65. The van der Waals surface area contributed by atoms with E-state index in [1.54, 1.807) is 0 Å². The molecule has 0 aliphatic heterocycles. The van der Waals surface area contributed by atoms with Crippen LogP contribution in [0.4, 0.5) is 0 Å². The average Bonchev–Trinajstić information content (AvgIpc) is 2.56. The third-order valence-electron chi connectivity index (χ3n) is 3.50. The van der Waals surface area contributed by atoms with Gasteiger partial charge in [-0.25, -0.2) is 0 Å². The van der Waals surface area contributed by atoms with Crippen LogP contribution >= 0.6 is 0 Å². The van der Waals surface area contributed by atoms with E-state index in [0.717, 1.165) is 16.5 Å². The van der Waals surface area contributed by atoms with E-state index in [1.807, 2.05) is 24.3 Å². The Morgan fingerprint density at radius 1 is 1.13 bits per heavy atom. The Hall–Kier alpha value is -2.09. The van der Waals surface area contributed by atoms with Crippen molar-refractivity contribution in [2.24, 2.45) is 0 Å². The monoisotopic (exact) mass is 312 g/mol. The maximum absolute atomic E-state index is 8.65. The molecular formula is C19H24N2O2. The Balaban J connectivity index is 1.99. The Bertz CT molecular complexity index is 644. The van der Waals surface area contributed by atoms with Crippen LogP contribution in [0.2, 0.25) is 0 Å². The molecule has 122 valence electrons. The number of benzene rings is 2. The number of nitrogens with zero attached hydrogens (tertiary/aromatic N) is 1. The molecule has 0 amide bonds. The van der Waals surface area contributed by atoms with Gasteiger partial charge in [0, 0.05) is 18.0 Å². The van der Waals surface area contributed by atoms with Gasteiger partial charge in [0.1, 0.15) is 18.5 Å². The Morgan fingerprint density at radius 2 is 1.91 bits per heavy atom. The van der Waals surface area contributed by atoms with Gasteiger partial charge in [-0.1, -0.05) is 50.2 Å². The smallest absolute Gasteiger partial charge is 0.127 e. The summed E-state index contributed by atoms with van der Waals surface area (Å²) in [5, 5.41) is 14.3. The molecule has 1 N–H and O–H groups in total. The molecule has 0 spiro atoms. The van der Waals surface area contributed by atoms with Gasteiger partial charge < -0.3 is 14.8 Å². The van der Waals surface area contributed by atoms with Crippen LogP contribution in [0.5, 0.6) is 5.75 Å². The van der Waals surface area contributed by atoms with Crippen molar-refractivity contribution < 1.29 is 9.47 Å². The van der Waals surface area contributed by atoms with Gasteiger partial charge >= 0.3 is 0 Å². The third-order valence-corrected chi connectivity index (χ3v) is 3.50. The largest absolute Gasteiger partial charge is 0.490 e. The lowest BCUT2D eigenvalue weighted by Crippen LogP contribution is -2.37. The minimum atomic E-state index is -0.0790. The number of nitrogens with one attached hydrogen (secondary N) is 1. The van der Waals surface area contributed by atoms with Crippen LogP contribution in [0.3, 0.4) is 0 Å². The van der Waals surface area contributed by atoms with Crippen molar-refractivity contribution in [2.45, 2.75) is 32.4 Å². The second-order valence-corrected chi connectivity index (χ2v) is 5.75. The standard InChI is InChI=1S/C19H24N2O2/c1-15(2)21-13-17(22-12-6-11-20)14-23-19-10-5-8-16-7-3-4-9-18(16)19/h3-5,7-10,15,17,21H,6,12-14H2,1-2H3. The Morgan fingerprint density at radius 3 is 2.70 bits per heavy atom. The molecule has 0 radical (unpaired) electrons. The van der Waals surface area contributed by atoms with Crippen LogP contribution in [-0.4, -0.2) is 31.9 Å². The van der Waals surface area contributed by atoms with Gasteiger partial charge in [0.05, 0.1) is 19.1 Å². The first-order valence-electron chi connectivity index (χ1n) is 8.03. The number of hydrogen-bond donors (Lipinski definition) is 1. The summed E-state index contributed by atoms with van der Waals surface area (Å²) in [6.07, 6.45) is 0.316. The lowest BCUT2D eigenvalue weighted by Gasteiger charge is -2.20. The van der Waals surface area contributed by atoms with Crippen molar-refractivity contribution in [3.8, 4) is 11.8 Å². The lowest BCUT2D eigenvalue weighted by atomic mass is 10.1. The molecule has 4 heteroatoms. The molecule has 4 nitrogen and oxygen atoms in total. The number of ether oxygens (including phenoxy) is 2. The molecule has 0 heterocycles. The highest BCUT2D eigenvalue weighted by Crippen LogP contribution is 2.25. The summed E-state index contributed by atoms with van der Waals surface area (Å²) < 4.78 is 11.8. The van der Waals surface area contributed by atoms with Crippen LogP contribution in [-0.2, 0) is 4.74 Å². The fourth-order valence-corrected chi connectivity index (χ4v) is 2.31. The molecule has 0 saturated heterocycles. The predicted octanol–water partition coefficient (Wildman–Crippen LogP) is 3.52. The topological polar surface area (TPSA) is 54.3 Å². The molecule has 0 aliphatic carbocycles. The summed E-state index contributed by atoms with van der Waals surface area (Å²) in [5.41, 5.74) is 0. The van der Waals surface area contributed by atoms with E-state index in [0.29, 0.717) is 32.2 Å². The van der Waals surface area contributed by atoms with E-state index >= 15 is 0 Å². The van der Waals surface area contributed by atoms with E-state index in [4.69, 9.17) is 14.7 Å². The van der Waals surface area contributed by atoms with Gasteiger partial charge in [-0.05, 0) is 11.5 Å². The van der Waals surface area contributed by atoms with Crippen LogP contribution in [0.15, 0.2) is 42.5 Å². The fourth-order valence-electron chi connectivity index (χ4n) is 2.31. The van der Waals surface area contributed by atoms with Gasteiger partial charge in [-0.2, -0.15) is 5.26 Å². The predicted molar refractivity (Wildman–Crippen MR) is 92.6 cm³/mol. The fraction of sp³-hybridized carbons (Fsp3) is 0.421. The van der Waals surface area contributed by atoms with Crippen LogP contribution in [0.25, 0.3) is 10.8 Å². The number of rotatable bonds is 9. The van der Waals surface area contributed by atoms with Crippen LogP contribution in [0, 0.1) is 11.3 Å². The van der Waals surface area contributed by atoms with Gasteiger partial charge in [-0.15, -0.1) is 0 Å². The highest BCUT2D eigenvalue weighted by Gasteiger charge is 2.12. The lowest BCUT2D eigenvalue weighted by molar-refractivity contribution is 0.0231. The van der Waals surface area contributed by atoms with Crippen molar-refractivity contribution in [3.05, 3.63) is 42.5 Å². The summed E-state index contributed by atoms with van der Waals surface area (Å²) in [7, 11) is 0. The number of hydrogen-bond acceptors (Lipinski definition) is 4. The van der Waals surface area contributed by atoms with Crippen molar-refractivity contribution in [1.82, 2.24) is 5.32 Å². The van der Waals surface area contributed by atoms with E-state index < -0.39 is 0 Å². The molecule has 0 aromatic heterocycles. The van der Waals surface area contributed by atoms with Gasteiger partial charge in [-0.3, -0.25) is 0 Å². The molecule has 23 heavy (non-hydrogen) atoms. The molecule has 0 fully saturated rings. The molecule has 2 rings (SSSR count). The molecular weight excluding hydrogens is 288 g/mol. The Labute approximate surface area is 138 Å². The minimum absolute atomic E-state index is 0.0790. The normalized spacial score (nSPS) is 12.3. The molecule has 2 aromatic rings. The zero-order valence-electron chi connectivity index (χ0n) is 13.8. The summed E-state index contributed by atoms with van der Waals surface area (Å²) in [5.74, 6) is 0.863. The molecule has 1 atom stereocenters. The SMILES string of the molecule is CC(C)NCC(COc1cccc2ccccc12)OCCC#N. The van der Waals surface area contributed by atoms with E-state index in [-0.39, 0.29) is 6.10 Å². The molecule has 0 aliphatic rings. The zero-order chi connectivity index (χ0) is 16.5. The molecule has 2 aromatic carbocycles. The quantitative estimate of drug-likeness (QED) is 0.720. The first kappa shape index (κ1) is 17.3. The van der Waals surface area contributed by atoms with Gasteiger partial charge in [0.25, 0.3) is 0 Å². The maximum Gasteiger partial charge on any atom is 0.127 e. The van der Waals surface area contributed by atoms with Gasteiger partial charge in [0.15, 0.2) is 0 Å². The average molecular weight is 312 g/mol. The van der Waals surface area contributed by atoms with Crippen molar-refractivity contribution >= 4 is 10.8 Å². The molecule has 0 saturated carbocycles. The van der Waals surface area contributed by atoms with Crippen molar-refractivity contribution in [3.63, 3.8) is 0 Å². The molecule has 0 bridgehead atoms. The van der Waals surface area contributed by atoms with Crippen molar-refractivity contribution in [1.29, 1.82) is 5.26 Å². The minimum Gasteiger partial charge on any atom is -0.490 e. The van der Waals surface area contributed by atoms with E-state index in [1.165, 1.54) is 0 Å². The Kier molecular flexibility index (Phi) is 6.86. The first-order valence-corrected chi connectivity index (χ1v) is 8.03. The third kappa shape index (κ3) is 5.55. The summed E-state index contributed by atoms with van der Waals surface area (Å²) in [6.45, 7) is 5.78. The molecule has 1 unspecified atom stereocenters.